The van der Waals surface area contributed by atoms with E-state index in [2.05, 4.69) is 20.3 Å². The van der Waals surface area contributed by atoms with Gasteiger partial charge >= 0.3 is 0 Å². The number of carbonyl (C=O) groups excluding carboxylic acids is 2. The highest BCUT2D eigenvalue weighted by Crippen LogP contribution is 2.09. The summed E-state index contributed by atoms with van der Waals surface area (Å²) in [4.78, 5) is 24.5. The molecule has 1 aromatic rings. The van der Waals surface area contributed by atoms with E-state index in [0.29, 0.717) is 19.5 Å². The van der Waals surface area contributed by atoms with Gasteiger partial charge in [-0.2, -0.15) is 0 Å². The second-order valence-corrected chi connectivity index (χ2v) is 3.43. The van der Waals surface area contributed by atoms with Gasteiger partial charge in [-0.3, -0.25) is 9.59 Å². The van der Waals surface area contributed by atoms with Crippen LogP contribution in [0.2, 0.25) is 0 Å². The molecule has 3 N–H and O–H groups in total. The van der Waals surface area contributed by atoms with Crippen LogP contribution in [0.4, 0.5) is 5.82 Å². The number of nitrogens with zero attached hydrogens (tertiary/aromatic N) is 3. The molecule has 8 nitrogen and oxygen atoms in total. The summed E-state index contributed by atoms with van der Waals surface area (Å²) in [6, 6.07) is 0. The molecule has 1 saturated heterocycles. The number of aromatic nitrogens is 2. The number of rotatable bonds is 1. The van der Waals surface area contributed by atoms with Gasteiger partial charge in [0.05, 0.1) is 6.54 Å². The standard InChI is InChI=1S/C8H11N5O3/c9-7-6(11-16-12-7)8(15)13-3-1-2-10-5(14)4-13/h1-4H2,(H2,9,12)(H,10,14). The highest BCUT2D eigenvalue weighted by atomic mass is 16.6. The Kier molecular flexibility index (Phi) is 2.71. The first-order chi connectivity index (χ1) is 7.68. The van der Waals surface area contributed by atoms with Gasteiger partial charge in [0.15, 0.2) is 0 Å². The first-order valence-electron chi connectivity index (χ1n) is 4.82. The summed E-state index contributed by atoms with van der Waals surface area (Å²) in [5.74, 6) is -0.689. The zero-order valence-corrected chi connectivity index (χ0v) is 8.47. The number of nitrogens with two attached hydrogens (primary N) is 1. The quantitative estimate of drug-likeness (QED) is 0.608. The van der Waals surface area contributed by atoms with Crippen LogP contribution in [-0.4, -0.2) is 46.7 Å². The second kappa shape index (κ2) is 4.17. The number of nitrogen functional groups attached to an aromatic ring is 1. The van der Waals surface area contributed by atoms with E-state index in [0.717, 1.165) is 0 Å². The van der Waals surface area contributed by atoms with Crippen molar-refractivity contribution in [1.82, 2.24) is 20.5 Å². The summed E-state index contributed by atoms with van der Waals surface area (Å²) < 4.78 is 4.34. The average molecular weight is 225 g/mol. The molecule has 1 fully saturated rings. The normalized spacial score (nSPS) is 16.8. The minimum absolute atomic E-state index is 0.00509. The fourth-order valence-corrected chi connectivity index (χ4v) is 1.47. The maximum absolute atomic E-state index is 11.9. The van der Waals surface area contributed by atoms with Crippen LogP contribution in [0.3, 0.4) is 0 Å². The molecule has 2 amide bonds. The van der Waals surface area contributed by atoms with Gasteiger partial charge in [0.25, 0.3) is 5.91 Å². The van der Waals surface area contributed by atoms with Crippen molar-refractivity contribution in [3.63, 3.8) is 0 Å². The third-order valence-electron chi connectivity index (χ3n) is 2.27. The van der Waals surface area contributed by atoms with Crippen molar-refractivity contribution >= 4 is 17.6 Å². The van der Waals surface area contributed by atoms with E-state index in [9.17, 15) is 9.59 Å². The van der Waals surface area contributed by atoms with Crippen LogP contribution in [-0.2, 0) is 4.79 Å². The molecule has 0 bridgehead atoms. The topological polar surface area (TPSA) is 114 Å². The molecule has 2 heterocycles. The molecule has 86 valence electrons. The van der Waals surface area contributed by atoms with Crippen LogP contribution in [0, 0.1) is 0 Å². The smallest absolute Gasteiger partial charge is 0.280 e. The number of hydrogen-bond donors (Lipinski definition) is 2. The molecule has 0 spiro atoms. The summed E-state index contributed by atoms with van der Waals surface area (Å²) in [6.45, 7) is 1.05. The third-order valence-corrected chi connectivity index (χ3v) is 2.27. The van der Waals surface area contributed by atoms with Crippen LogP contribution >= 0.6 is 0 Å². The zero-order chi connectivity index (χ0) is 11.5. The molecule has 0 aliphatic carbocycles. The molecule has 8 heteroatoms. The van der Waals surface area contributed by atoms with E-state index in [1.54, 1.807) is 0 Å². The first kappa shape index (κ1) is 10.4. The van der Waals surface area contributed by atoms with Crippen LogP contribution in [0.25, 0.3) is 0 Å². The van der Waals surface area contributed by atoms with Crippen LogP contribution in [0.5, 0.6) is 0 Å². The maximum atomic E-state index is 11.9. The number of amides is 2. The minimum atomic E-state index is -0.434. The van der Waals surface area contributed by atoms with Gasteiger partial charge in [0.1, 0.15) is 0 Å². The molecule has 0 saturated carbocycles. The number of hydrogen-bond acceptors (Lipinski definition) is 6. The Morgan fingerprint density at radius 1 is 1.50 bits per heavy atom. The molecule has 2 rings (SSSR count). The third kappa shape index (κ3) is 1.95. The van der Waals surface area contributed by atoms with E-state index in [-0.39, 0.29) is 24.0 Å². The van der Waals surface area contributed by atoms with Crippen molar-refractivity contribution in [3.8, 4) is 0 Å². The van der Waals surface area contributed by atoms with Gasteiger partial charge in [-0.15, -0.1) is 0 Å². The summed E-state index contributed by atoms with van der Waals surface area (Å²) in [6.07, 6.45) is 0.697. The van der Waals surface area contributed by atoms with Crippen molar-refractivity contribution < 1.29 is 14.2 Å². The number of nitrogens with one attached hydrogen (secondary N) is 1. The molecule has 16 heavy (non-hydrogen) atoms. The summed E-state index contributed by atoms with van der Waals surface area (Å²) >= 11 is 0. The van der Waals surface area contributed by atoms with E-state index in [1.165, 1.54) is 4.90 Å². The largest absolute Gasteiger partial charge is 0.379 e. The molecule has 1 aliphatic rings. The average Bonchev–Trinajstić information content (AvgIpc) is 2.55. The Balaban J connectivity index is 2.15. The molecule has 1 aliphatic heterocycles. The van der Waals surface area contributed by atoms with Gasteiger partial charge < -0.3 is 16.0 Å². The van der Waals surface area contributed by atoms with Crippen molar-refractivity contribution in [2.24, 2.45) is 0 Å². The lowest BCUT2D eigenvalue weighted by Crippen LogP contribution is -2.37. The SMILES string of the molecule is Nc1nonc1C(=O)N1CCCNC(=O)C1. The minimum Gasteiger partial charge on any atom is -0.379 e. The van der Waals surface area contributed by atoms with E-state index >= 15 is 0 Å². The fourth-order valence-electron chi connectivity index (χ4n) is 1.47. The molecule has 0 atom stereocenters. The van der Waals surface area contributed by atoms with E-state index in [1.807, 2.05) is 0 Å². The second-order valence-electron chi connectivity index (χ2n) is 3.43. The fraction of sp³-hybridized carbons (Fsp3) is 0.500. The maximum Gasteiger partial charge on any atom is 0.280 e. The molecule has 0 aromatic carbocycles. The zero-order valence-electron chi connectivity index (χ0n) is 8.47. The van der Waals surface area contributed by atoms with Gasteiger partial charge in [-0.25, -0.2) is 4.63 Å². The summed E-state index contributed by atoms with van der Waals surface area (Å²) in [5.41, 5.74) is 5.36. The van der Waals surface area contributed by atoms with Gasteiger partial charge in [0, 0.05) is 13.1 Å². The Labute approximate surface area is 90.7 Å². The Morgan fingerprint density at radius 2 is 2.31 bits per heavy atom. The van der Waals surface area contributed by atoms with Crippen molar-refractivity contribution in [2.45, 2.75) is 6.42 Å². The van der Waals surface area contributed by atoms with Crippen LogP contribution < -0.4 is 11.1 Å². The lowest BCUT2D eigenvalue weighted by atomic mass is 10.3. The highest BCUT2D eigenvalue weighted by Gasteiger charge is 2.25. The lowest BCUT2D eigenvalue weighted by Gasteiger charge is -2.16. The Hall–Kier alpha value is -2.12. The predicted octanol–water partition coefficient (Wildman–Crippen LogP) is -1.39. The molecular formula is C8H11N5O3. The Morgan fingerprint density at radius 3 is 3.00 bits per heavy atom. The van der Waals surface area contributed by atoms with E-state index in [4.69, 9.17) is 5.73 Å². The van der Waals surface area contributed by atoms with Crippen LogP contribution in [0.1, 0.15) is 16.9 Å². The predicted molar refractivity (Wildman–Crippen MR) is 52.2 cm³/mol. The molecule has 1 aromatic heterocycles. The van der Waals surface area contributed by atoms with Crippen LogP contribution in [0.15, 0.2) is 4.63 Å². The number of anilines is 1. The molecule has 0 radical (unpaired) electrons. The van der Waals surface area contributed by atoms with E-state index < -0.39 is 5.91 Å². The van der Waals surface area contributed by atoms with Gasteiger partial charge in [0.2, 0.25) is 17.4 Å². The molecular weight excluding hydrogens is 214 g/mol. The highest BCUT2D eigenvalue weighted by molar-refractivity contribution is 5.98. The van der Waals surface area contributed by atoms with Crippen molar-refractivity contribution in [1.29, 1.82) is 0 Å². The Bertz CT molecular complexity index is 416. The first-order valence-corrected chi connectivity index (χ1v) is 4.82. The summed E-state index contributed by atoms with van der Waals surface area (Å²) in [7, 11) is 0. The van der Waals surface area contributed by atoms with Crippen molar-refractivity contribution in [3.05, 3.63) is 5.69 Å². The monoisotopic (exact) mass is 225 g/mol. The van der Waals surface area contributed by atoms with Gasteiger partial charge in [-0.05, 0) is 16.7 Å². The number of carbonyl (C=O) groups is 2. The van der Waals surface area contributed by atoms with Crippen molar-refractivity contribution in [2.75, 3.05) is 25.4 Å². The molecule has 0 unspecified atom stereocenters. The lowest BCUT2D eigenvalue weighted by molar-refractivity contribution is -0.121. The summed E-state index contributed by atoms with van der Waals surface area (Å²) in [5, 5.41) is 9.40. The van der Waals surface area contributed by atoms with Gasteiger partial charge in [-0.1, -0.05) is 0 Å².